The first kappa shape index (κ1) is 10.5. The summed E-state index contributed by atoms with van der Waals surface area (Å²) in [5, 5.41) is 3.51. The smallest absolute Gasteiger partial charge is 0.119 e. The molecule has 0 aromatic heterocycles. The van der Waals surface area contributed by atoms with Gasteiger partial charge in [0, 0.05) is 6.04 Å². The van der Waals surface area contributed by atoms with Gasteiger partial charge in [0.15, 0.2) is 0 Å². The third-order valence-electron chi connectivity index (χ3n) is 2.88. The Morgan fingerprint density at radius 1 is 1.33 bits per heavy atom. The molecule has 1 aromatic rings. The second-order valence-corrected chi connectivity index (χ2v) is 4.07. The molecule has 0 radical (unpaired) electrons. The first-order chi connectivity index (χ1) is 7.38. The van der Waals surface area contributed by atoms with Crippen molar-refractivity contribution in [3.8, 4) is 5.75 Å². The number of hydrogen-bond donors (Lipinski definition) is 1. The van der Waals surface area contributed by atoms with Gasteiger partial charge in [-0.2, -0.15) is 0 Å². The van der Waals surface area contributed by atoms with Gasteiger partial charge in [0.1, 0.15) is 5.75 Å². The second kappa shape index (κ2) is 5.17. The van der Waals surface area contributed by atoms with Crippen molar-refractivity contribution in [3.63, 3.8) is 0 Å². The van der Waals surface area contributed by atoms with Gasteiger partial charge in [0.25, 0.3) is 0 Å². The molecule has 2 rings (SSSR count). The molecule has 82 valence electrons. The van der Waals surface area contributed by atoms with Crippen LogP contribution in [0.3, 0.4) is 0 Å². The van der Waals surface area contributed by atoms with Crippen molar-refractivity contribution in [1.29, 1.82) is 0 Å². The first-order valence-corrected chi connectivity index (χ1v) is 5.83. The lowest BCUT2D eigenvalue weighted by atomic mass is 10.0. The van der Waals surface area contributed by atoms with E-state index in [9.17, 15) is 0 Å². The Hall–Kier alpha value is -1.02. The Morgan fingerprint density at radius 2 is 2.13 bits per heavy atom. The fraction of sp³-hybridized carbons (Fsp3) is 0.538. The molecule has 1 fully saturated rings. The predicted molar refractivity (Wildman–Crippen MR) is 62.3 cm³/mol. The fourth-order valence-electron chi connectivity index (χ4n) is 2.10. The molecule has 15 heavy (non-hydrogen) atoms. The standard InChI is InChI=1S/C13H19NO/c1-2-15-13-7-5-11(6-8-13)10-12-4-3-9-14-12/h5-8,12,14H,2-4,9-10H2,1H3/t12-/m1/s1. The second-order valence-electron chi connectivity index (χ2n) is 4.07. The van der Waals surface area contributed by atoms with E-state index in [1.807, 2.05) is 6.92 Å². The summed E-state index contributed by atoms with van der Waals surface area (Å²) in [6, 6.07) is 9.15. The zero-order valence-electron chi connectivity index (χ0n) is 9.33. The van der Waals surface area contributed by atoms with E-state index in [-0.39, 0.29) is 0 Å². The van der Waals surface area contributed by atoms with E-state index in [0.717, 1.165) is 18.8 Å². The molecule has 0 spiro atoms. The largest absolute Gasteiger partial charge is 0.494 e. The Labute approximate surface area is 91.6 Å². The summed E-state index contributed by atoms with van der Waals surface area (Å²) in [5.41, 5.74) is 1.40. The van der Waals surface area contributed by atoms with E-state index >= 15 is 0 Å². The highest BCUT2D eigenvalue weighted by molar-refractivity contribution is 5.27. The van der Waals surface area contributed by atoms with E-state index in [2.05, 4.69) is 29.6 Å². The number of rotatable bonds is 4. The Balaban J connectivity index is 1.91. The van der Waals surface area contributed by atoms with Crippen molar-refractivity contribution in [1.82, 2.24) is 5.32 Å². The van der Waals surface area contributed by atoms with Gasteiger partial charge in [0.05, 0.1) is 6.61 Å². The lowest BCUT2D eigenvalue weighted by Crippen LogP contribution is -2.23. The van der Waals surface area contributed by atoms with Gasteiger partial charge in [-0.1, -0.05) is 12.1 Å². The van der Waals surface area contributed by atoms with Gasteiger partial charge >= 0.3 is 0 Å². The first-order valence-electron chi connectivity index (χ1n) is 5.83. The van der Waals surface area contributed by atoms with Gasteiger partial charge in [-0.15, -0.1) is 0 Å². The number of ether oxygens (including phenoxy) is 1. The molecule has 0 amide bonds. The topological polar surface area (TPSA) is 21.3 Å². The number of nitrogens with one attached hydrogen (secondary N) is 1. The average Bonchev–Trinajstić information content (AvgIpc) is 2.74. The molecular weight excluding hydrogens is 186 g/mol. The average molecular weight is 205 g/mol. The van der Waals surface area contributed by atoms with Crippen LogP contribution < -0.4 is 10.1 Å². The van der Waals surface area contributed by atoms with E-state index in [4.69, 9.17) is 4.74 Å². The highest BCUT2D eigenvalue weighted by atomic mass is 16.5. The summed E-state index contributed by atoms with van der Waals surface area (Å²) in [6.07, 6.45) is 3.78. The minimum Gasteiger partial charge on any atom is -0.494 e. The van der Waals surface area contributed by atoms with Crippen LogP contribution in [-0.2, 0) is 6.42 Å². The Bertz CT molecular complexity index is 288. The molecule has 0 aliphatic carbocycles. The summed E-state index contributed by atoms with van der Waals surface area (Å²) >= 11 is 0. The molecule has 0 saturated carbocycles. The van der Waals surface area contributed by atoms with Crippen LogP contribution in [0.15, 0.2) is 24.3 Å². The Kier molecular flexibility index (Phi) is 3.62. The maximum atomic E-state index is 5.42. The van der Waals surface area contributed by atoms with Gasteiger partial charge < -0.3 is 10.1 Å². The lowest BCUT2D eigenvalue weighted by molar-refractivity contribution is 0.340. The van der Waals surface area contributed by atoms with Gasteiger partial charge in [-0.05, 0) is 50.4 Å². The summed E-state index contributed by atoms with van der Waals surface area (Å²) in [5.74, 6) is 0.973. The van der Waals surface area contributed by atoms with Crippen molar-refractivity contribution in [2.45, 2.75) is 32.2 Å². The summed E-state index contributed by atoms with van der Waals surface area (Å²) < 4.78 is 5.42. The molecule has 1 atom stereocenters. The molecule has 2 nitrogen and oxygen atoms in total. The molecule has 1 aliphatic heterocycles. The maximum Gasteiger partial charge on any atom is 0.119 e. The molecule has 0 bridgehead atoms. The van der Waals surface area contributed by atoms with Crippen molar-refractivity contribution in [2.24, 2.45) is 0 Å². The predicted octanol–water partition coefficient (Wildman–Crippen LogP) is 2.38. The normalized spacial score (nSPS) is 20.5. The van der Waals surface area contributed by atoms with Crippen LogP contribution in [0.1, 0.15) is 25.3 Å². The highest BCUT2D eigenvalue weighted by Crippen LogP contribution is 2.16. The zero-order valence-corrected chi connectivity index (χ0v) is 9.33. The van der Waals surface area contributed by atoms with Gasteiger partial charge in [0.2, 0.25) is 0 Å². The van der Waals surface area contributed by atoms with Crippen LogP contribution in [0.5, 0.6) is 5.75 Å². The van der Waals surface area contributed by atoms with Crippen LogP contribution >= 0.6 is 0 Å². The quantitative estimate of drug-likeness (QED) is 0.815. The molecule has 0 unspecified atom stereocenters. The van der Waals surface area contributed by atoms with Crippen LogP contribution in [0.4, 0.5) is 0 Å². The molecule has 1 saturated heterocycles. The molecule has 1 N–H and O–H groups in total. The summed E-state index contributed by atoms with van der Waals surface area (Å²) in [4.78, 5) is 0. The molecule has 1 heterocycles. The van der Waals surface area contributed by atoms with E-state index in [0.29, 0.717) is 6.04 Å². The van der Waals surface area contributed by atoms with Crippen LogP contribution in [-0.4, -0.2) is 19.2 Å². The molecule has 2 heteroatoms. The molecule has 1 aromatic carbocycles. The van der Waals surface area contributed by atoms with Crippen LogP contribution in [0.25, 0.3) is 0 Å². The fourth-order valence-corrected chi connectivity index (χ4v) is 2.10. The highest BCUT2D eigenvalue weighted by Gasteiger charge is 2.13. The third kappa shape index (κ3) is 2.96. The van der Waals surface area contributed by atoms with Crippen molar-refractivity contribution >= 4 is 0 Å². The molecular formula is C13H19NO. The Morgan fingerprint density at radius 3 is 2.73 bits per heavy atom. The van der Waals surface area contributed by atoms with E-state index < -0.39 is 0 Å². The zero-order chi connectivity index (χ0) is 10.5. The summed E-state index contributed by atoms with van der Waals surface area (Å²) in [7, 11) is 0. The van der Waals surface area contributed by atoms with Gasteiger partial charge in [-0.25, -0.2) is 0 Å². The van der Waals surface area contributed by atoms with Crippen molar-refractivity contribution in [2.75, 3.05) is 13.2 Å². The van der Waals surface area contributed by atoms with Crippen molar-refractivity contribution in [3.05, 3.63) is 29.8 Å². The van der Waals surface area contributed by atoms with Crippen molar-refractivity contribution < 1.29 is 4.74 Å². The minimum absolute atomic E-state index is 0.683. The molecule has 1 aliphatic rings. The lowest BCUT2D eigenvalue weighted by Gasteiger charge is -2.10. The maximum absolute atomic E-state index is 5.42. The number of benzene rings is 1. The van der Waals surface area contributed by atoms with Crippen LogP contribution in [0, 0.1) is 0 Å². The minimum atomic E-state index is 0.683. The van der Waals surface area contributed by atoms with Gasteiger partial charge in [-0.3, -0.25) is 0 Å². The van der Waals surface area contributed by atoms with E-state index in [1.54, 1.807) is 0 Å². The van der Waals surface area contributed by atoms with Crippen LogP contribution in [0.2, 0.25) is 0 Å². The SMILES string of the molecule is CCOc1ccc(C[C@H]2CCCN2)cc1. The third-order valence-corrected chi connectivity index (χ3v) is 2.88. The number of hydrogen-bond acceptors (Lipinski definition) is 2. The van der Waals surface area contributed by atoms with E-state index in [1.165, 1.54) is 24.9 Å². The monoisotopic (exact) mass is 205 g/mol. The summed E-state index contributed by atoms with van der Waals surface area (Å²) in [6.45, 7) is 3.93.